The van der Waals surface area contributed by atoms with Crippen LogP contribution in [-0.2, 0) is 21.1 Å². The molecule has 30 heavy (non-hydrogen) atoms. The van der Waals surface area contributed by atoms with E-state index in [4.69, 9.17) is 4.74 Å². The van der Waals surface area contributed by atoms with Gasteiger partial charge in [-0.05, 0) is 30.5 Å². The van der Waals surface area contributed by atoms with Crippen LogP contribution in [0.5, 0.6) is 5.75 Å². The smallest absolute Gasteiger partial charge is 0.248 e. The molecule has 2 atom stereocenters. The van der Waals surface area contributed by atoms with Gasteiger partial charge in [-0.25, -0.2) is 8.42 Å². The summed E-state index contributed by atoms with van der Waals surface area (Å²) in [5, 5.41) is 0.435. The quantitative estimate of drug-likeness (QED) is 0.680. The van der Waals surface area contributed by atoms with Crippen molar-refractivity contribution in [3.05, 3.63) is 60.2 Å². The number of thioether (sulfide) groups is 1. The van der Waals surface area contributed by atoms with Gasteiger partial charge in [0.1, 0.15) is 5.75 Å². The summed E-state index contributed by atoms with van der Waals surface area (Å²) in [6, 6.07) is 17.3. The van der Waals surface area contributed by atoms with Gasteiger partial charge < -0.3 is 9.64 Å². The van der Waals surface area contributed by atoms with E-state index in [1.54, 1.807) is 7.11 Å². The average Bonchev–Trinajstić information content (AvgIpc) is 3.19. The van der Waals surface area contributed by atoms with E-state index in [1.165, 1.54) is 17.3 Å². The minimum Gasteiger partial charge on any atom is -0.495 e. The lowest BCUT2D eigenvalue weighted by Gasteiger charge is -2.26. The Bertz CT molecular complexity index is 1050. The van der Waals surface area contributed by atoms with Crippen LogP contribution in [-0.4, -0.2) is 49.4 Å². The molecule has 0 bridgehead atoms. The molecule has 0 radical (unpaired) electrons. The number of anilines is 1. The Kier molecular flexibility index (Phi) is 6.15. The lowest BCUT2D eigenvalue weighted by molar-refractivity contribution is -0.117. The molecule has 2 aromatic rings. The number of hydrogen-bond acceptors (Lipinski definition) is 5. The maximum absolute atomic E-state index is 12.6. The molecule has 4 rings (SSSR count). The number of nitrogens with zero attached hydrogens (tertiary/aromatic N) is 2. The fourth-order valence-corrected chi connectivity index (χ4v) is 7.85. The summed E-state index contributed by atoms with van der Waals surface area (Å²) in [6.45, 7) is 0. The van der Waals surface area contributed by atoms with Gasteiger partial charge in [0, 0.05) is 11.7 Å². The van der Waals surface area contributed by atoms with Crippen LogP contribution in [0.15, 0.2) is 59.6 Å². The Labute approximate surface area is 181 Å². The maximum Gasteiger partial charge on any atom is 0.248 e. The average molecular weight is 445 g/mol. The molecule has 2 unspecified atom stereocenters. The van der Waals surface area contributed by atoms with Gasteiger partial charge in [0.2, 0.25) is 5.91 Å². The van der Waals surface area contributed by atoms with Gasteiger partial charge in [0.25, 0.3) is 0 Å². The zero-order valence-electron chi connectivity index (χ0n) is 16.7. The highest BCUT2D eigenvalue weighted by atomic mass is 32.2. The minimum absolute atomic E-state index is 0.0595. The first-order valence-corrected chi connectivity index (χ1v) is 12.6. The highest BCUT2D eigenvalue weighted by Crippen LogP contribution is 2.43. The van der Waals surface area contributed by atoms with Crippen LogP contribution in [0.4, 0.5) is 5.69 Å². The van der Waals surface area contributed by atoms with Crippen LogP contribution in [0.25, 0.3) is 0 Å². The van der Waals surface area contributed by atoms with Crippen LogP contribution in [0, 0.1) is 0 Å². The summed E-state index contributed by atoms with van der Waals surface area (Å²) in [5.74, 6) is 0.613. The van der Waals surface area contributed by atoms with Crippen molar-refractivity contribution < 1.29 is 17.9 Å². The number of carbonyl (C=O) groups is 1. The van der Waals surface area contributed by atoms with Gasteiger partial charge in [-0.2, -0.15) is 4.99 Å². The molecule has 2 heterocycles. The summed E-state index contributed by atoms with van der Waals surface area (Å²) in [4.78, 5) is 18.9. The number of fused-ring (bicyclic) bond motifs is 1. The number of ether oxygens (including phenoxy) is 1. The highest BCUT2D eigenvalue weighted by molar-refractivity contribution is 8.16. The van der Waals surface area contributed by atoms with Gasteiger partial charge in [0.05, 0.1) is 30.3 Å². The van der Waals surface area contributed by atoms with Crippen LogP contribution >= 0.6 is 11.8 Å². The van der Waals surface area contributed by atoms with Crippen molar-refractivity contribution in [1.29, 1.82) is 0 Å². The first-order chi connectivity index (χ1) is 14.5. The topological polar surface area (TPSA) is 76.0 Å². The SMILES string of the molecule is COc1ccccc1N1C(=NC(=O)CCCc2ccccc2)SC2CS(=O)(=O)CC21. The zero-order chi connectivity index (χ0) is 21.1. The summed E-state index contributed by atoms with van der Waals surface area (Å²) in [5.41, 5.74) is 1.94. The standard InChI is InChI=1S/C22H24N2O4S2/c1-28-19-12-6-5-11-17(19)24-18-14-30(26,27)15-20(18)29-22(24)23-21(25)13-7-10-16-8-3-2-4-9-16/h2-6,8-9,11-12,18,20H,7,10,13-15H2,1H3. The number of rotatable bonds is 6. The number of methoxy groups -OCH3 is 1. The lowest BCUT2D eigenvalue weighted by Crippen LogP contribution is -2.38. The Morgan fingerprint density at radius 3 is 2.63 bits per heavy atom. The molecular formula is C22H24N2O4S2. The van der Waals surface area contributed by atoms with E-state index in [-0.39, 0.29) is 28.7 Å². The second-order valence-corrected chi connectivity index (χ2v) is 10.8. The number of carbonyl (C=O) groups excluding carboxylic acids is 1. The molecule has 2 fully saturated rings. The molecule has 2 aliphatic rings. The lowest BCUT2D eigenvalue weighted by atomic mass is 10.1. The van der Waals surface area contributed by atoms with Gasteiger partial charge in [-0.15, -0.1) is 0 Å². The van der Waals surface area contributed by atoms with Gasteiger partial charge in [-0.1, -0.05) is 54.2 Å². The zero-order valence-corrected chi connectivity index (χ0v) is 18.4. The minimum atomic E-state index is -3.11. The van der Waals surface area contributed by atoms with Gasteiger partial charge >= 0.3 is 0 Å². The van der Waals surface area contributed by atoms with Crippen molar-refractivity contribution in [1.82, 2.24) is 0 Å². The predicted molar refractivity (Wildman–Crippen MR) is 121 cm³/mol. The van der Waals surface area contributed by atoms with Crippen LogP contribution in [0.1, 0.15) is 18.4 Å². The summed E-state index contributed by atoms with van der Waals surface area (Å²) in [6.07, 6.45) is 1.90. The molecule has 0 aromatic heterocycles. The fourth-order valence-electron chi connectivity index (χ4n) is 3.93. The number of sulfone groups is 1. The number of amides is 1. The molecular weight excluding hydrogens is 420 g/mol. The number of benzene rings is 2. The number of amidine groups is 1. The molecule has 6 nitrogen and oxygen atoms in total. The fraction of sp³-hybridized carbons (Fsp3) is 0.364. The molecule has 158 valence electrons. The van der Waals surface area contributed by atoms with Crippen molar-refractivity contribution in [2.24, 2.45) is 4.99 Å². The summed E-state index contributed by atoms with van der Waals surface area (Å²) >= 11 is 1.38. The normalized spacial score (nSPS) is 23.5. The Balaban J connectivity index is 1.54. The summed E-state index contributed by atoms with van der Waals surface area (Å²) in [7, 11) is -1.53. The largest absolute Gasteiger partial charge is 0.495 e. The third-order valence-electron chi connectivity index (χ3n) is 5.33. The molecule has 1 amide bonds. The molecule has 0 aliphatic carbocycles. The molecule has 0 spiro atoms. The van der Waals surface area contributed by atoms with Gasteiger partial charge in [0.15, 0.2) is 15.0 Å². The number of hydrogen-bond donors (Lipinski definition) is 0. The molecule has 0 N–H and O–H groups in total. The first-order valence-electron chi connectivity index (χ1n) is 9.91. The Morgan fingerprint density at radius 1 is 1.13 bits per heavy atom. The van der Waals surface area contributed by atoms with Crippen molar-refractivity contribution in [3.63, 3.8) is 0 Å². The maximum atomic E-state index is 12.6. The van der Waals surface area contributed by atoms with Crippen molar-refractivity contribution >= 4 is 38.4 Å². The Morgan fingerprint density at radius 2 is 1.87 bits per heavy atom. The van der Waals surface area contributed by atoms with E-state index in [2.05, 4.69) is 4.99 Å². The predicted octanol–water partition coefficient (Wildman–Crippen LogP) is 3.32. The first kappa shape index (κ1) is 20.9. The van der Waals surface area contributed by atoms with Crippen molar-refractivity contribution in [2.45, 2.75) is 30.6 Å². The van der Waals surface area contributed by atoms with Gasteiger partial charge in [-0.3, -0.25) is 4.79 Å². The second kappa shape index (κ2) is 8.81. The number of para-hydroxylation sites is 2. The molecule has 2 saturated heterocycles. The molecule has 0 saturated carbocycles. The number of aryl methyl sites for hydroxylation is 1. The number of aliphatic imine (C=N–C) groups is 1. The van der Waals surface area contributed by atoms with E-state index >= 15 is 0 Å². The van der Waals surface area contributed by atoms with E-state index in [9.17, 15) is 13.2 Å². The third-order valence-corrected chi connectivity index (χ3v) is 8.54. The second-order valence-electron chi connectivity index (χ2n) is 7.47. The van der Waals surface area contributed by atoms with E-state index in [1.807, 2.05) is 59.5 Å². The van der Waals surface area contributed by atoms with E-state index in [0.717, 1.165) is 18.5 Å². The van der Waals surface area contributed by atoms with Crippen molar-refractivity contribution in [2.75, 3.05) is 23.5 Å². The third kappa shape index (κ3) is 4.54. The Hall–Kier alpha value is -2.32. The summed E-state index contributed by atoms with van der Waals surface area (Å²) < 4.78 is 29.9. The van der Waals surface area contributed by atoms with E-state index in [0.29, 0.717) is 17.3 Å². The molecule has 8 heteroatoms. The van der Waals surface area contributed by atoms with Crippen LogP contribution in [0.2, 0.25) is 0 Å². The monoisotopic (exact) mass is 444 g/mol. The highest BCUT2D eigenvalue weighted by Gasteiger charge is 2.49. The van der Waals surface area contributed by atoms with Crippen LogP contribution < -0.4 is 9.64 Å². The van der Waals surface area contributed by atoms with E-state index < -0.39 is 9.84 Å². The van der Waals surface area contributed by atoms with Crippen molar-refractivity contribution in [3.8, 4) is 5.75 Å². The van der Waals surface area contributed by atoms with Crippen LogP contribution in [0.3, 0.4) is 0 Å². The molecule has 2 aromatic carbocycles. The molecule has 2 aliphatic heterocycles.